The molecule has 5 nitrogen and oxygen atoms in total. The maximum absolute atomic E-state index is 10.9. The first-order valence-corrected chi connectivity index (χ1v) is 6.57. The molecular weight excluding hydrogens is 230 g/mol. The molecule has 0 bridgehead atoms. The monoisotopic (exact) mass is 247 g/mol. The number of aromatic nitrogens is 2. The number of fused-ring (bicyclic) bond motifs is 1. The molecule has 1 aliphatic carbocycles. The predicted molar refractivity (Wildman–Crippen MR) is 66.6 cm³/mol. The van der Waals surface area contributed by atoms with Gasteiger partial charge in [-0.3, -0.25) is 4.79 Å². The Balaban J connectivity index is 1.79. The zero-order chi connectivity index (χ0) is 12.5. The molecule has 0 radical (unpaired) electrons. The molecule has 0 amide bonds. The first-order chi connectivity index (χ1) is 8.74. The lowest BCUT2D eigenvalue weighted by molar-refractivity contribution is -0.140. The Morgan fingerprint density at radius 2 is 2.17 bits per heavy atom. The fourth-order valence-electron chi connectivity index (χ4n) is 2.80. The summed E-state index contributed by atoms with van der Waals surface area (Å²) in [5.41, 5.74) is 2.42. The van der Waals surface area contributed by atoms with E-state index in [0.29, 0.717) is 13.0 Å². The Kier molecular flexibility index (Phi) is 2.89. The maximum atomic E-state index is 10.9. The van der Waals surface area contributed by atoms with Crippen LogP contribution in [-0.4, -0.2) is 34.4 Å². The quantitative estimate of drug-likeness (QED) is 0.852. The Morgan fingerprint density at radius 3 is 2.94 bits per heavy atom. The van der Waals surface area contributed by atoms with Crippen molar-refractivity contribution >= 4 is 11.8 Å². The lowest BCUT2D eigenvalue weighted by atomic mass is 9.97. The Hall–Kier alpha value is -1.65. The lowest BCUT2D eigenvalue weighted by Crippen LogP contribution is -2.24. The number of rotatable bonds is 2. The van der Waals surface area contributed by atoms with Crippen LogP contribution in [0.25, 0.3) is 0 Å². The second kappa shape index (κ2) is 4.55. The van der Waals surface area contributed by atoms with Crippen LogP contribution in [0.1, 0.15) is 30.5 Å². The van der Waals surface area contributed by atoms with Crippen LogP contribution in [0.4, 0.5) is 5.82 Å². The average Bonchev–Trinajstić information content (AvgIpc) is 2.88. The minimum Gasteiger partial charge on any atom is -0.481 e. The summed E-state index contributed by atoms with van der Waals surface area (Å²) < 4.78 is 0. The molecule has 2 heterocycles. The molecule has 0 spiro atoms. The number of aryl methyl sites for hydroxylation is 2. The van der Waals surface area contributed by atoms with Gasteiger partial charge in [-0.2, -0.15) is 5.10 Å². The van der Waals surface area contributed by atoms with Gasteiger partial charge in [0.25, 0.3) is 0 Å². The molecule has 1 unspecified atom stereocenters. The van der Waals surface area contributed by atoms with E-state index in [2.05, 4.69) is 16.3 Å². The topological polar surface area (TPSA) is 66.3 Å². The Labute approximate surface area is 106 Å². The van der Waals surface area contributed by atoms with Crippen molar-refractivity contribution in [1.29, 1.82) is 0 Å². The Bertz CT molecular complexity index is 475. The normalized spacial score (nSPS) is 22.9. The molecule has 1 aliphatic heterocycles. The molecule has 0 saturated carbocycles. The van der Waals surface area contributed by atoms with Gasteiger partial charge in [-0.1, -0.05) is 0 Å². The highest BCUT2D eigenvalue weighted by Gasteiger charge is 2.29. The third kappa shape index (κ3) is 2.05. The van der Waals surface area contributed by atoms with Crippen molar-refractivity contribution in [1.82, 2.24) is 10.2 Å². The summed E-state index contributed by atoms with van der Waals surface area (Å²) in [5.74, 6) is -0.120. The molecule has 5 heteroatoms. The standard InChI is InChI=1S/C13H17N3O2/c17-13(18)10-5-6-16(8-10)12-7-9-3-1-2-4-11(9)14-15-12/h7,10H,1-6,8H2,(H,17,18). The molecular formula is C13H17N3O2. The van der Waals surface area contributed by atoms with Crippen LogP contribution in [0.5, 0.6) is 0 Å². The molecule has 96 valence electrons. The highest BCUT2D eigenvalue weighted by atomic mass is 16.4. The van der Waals surface area contributed by atoms with E-state index in [-0.39, 0.29) is 5.92 Å². The summed E-state index contributed by atoms with van der Waals surface area (Å²) in [4.78, 5) is 13.0. The molecule has 2 aliphatic rings. The van der Waals surface area contributed by atoms with Crippen LogP contribution in [0.15, 0.2) is 6.07 Å². The van der Waals surface area contributed by atoms with Gasteiger partial charge in [-0.05, 0) is 43.7 Å². The average molecular weight is 247 g/mol. The second-order valence-corrected chi connectivity index (χ2v) is 5.15. The molecule has 1 aromatic rings. The number of nitrogens with zero attached hydrogens (tertiary/aromatic N) is 3. The van der Waals surface area contributed by atoms with Crippen molar-refractivity contribution < 1.29 is 9.90 Å². The van der Waals surface area contributed by atoms with Crippen LogP contribution < -0.4 is 4.90 Å². The van der Waals surface area contributed by atoms with Crippen molar-refractivity contribution in [2.75, 3.05) is 18.0 Å². The van der Waals surface area contributed by atoms with Gasteiger partial charge in [-0.25, -0.2) is 0 Å². The molecule has 3 rings (SSSR count). The van der Waals surface area contributed by atoms with E-state index >= 15 is 0 Å². The molecule has 1 fully saturated rings. The second-order valence-electron chi connectivity index (χ2n) is 5.15. The zero-order valence-corrected chi connectivity index (χ0v) is 10.3. The molecule has 1 N–H and O–H groups in total. The van der Waals surface area contributed by atoms with Crippen molar-refractivity contribution in [3.05, 3.63) is 17.3 Å². The SMILES string of the molecule is O=C(O)C1CCN(c2cc3c(nn2)CCCC3)C1. The van der Waals surface area contributed by atoms with Crippen LogP contribution >= 0.6 is 0 Å². The summed E-state index contributed by atoms with van der Waals surface area (Å²) in [6.07, 6.45) is 5.23. The fraction of sp³-hybridized carbons (Fsp3) is 0.615. The molecule has 1 saturated heterocycles. The number of aliphatic carboxylic acids is 1. The van der Waals surface area contributed by atoms with E-state index in [1.165, 1.54) is 18.4 Å². The third-order valence-electron chi connectivity index (χ3n) is 3.92. The summed E-state index contributed by atoms with van der Waals surface area (Å²) in [6, 6.07) is 2.10. The van der Waals surface area contributed by atoms with Crippen LogP contribution in [0.2, 0.25) is 0 Å². The van der Waals surface area contributed by atoms with Crippen molar-refractivity contribution in [2.24, 2.45) is 5.92 Å². The minimum atomic E-state index is -0.705. The summed E-state index contributed by atoms with van der Waals surface area (Å²) >= 11 is 0. The Morgan fingerprint density at radius 1 is 1.33 bits per heavy atom. The molecule has 0 aromatic carbocycles. The van der Waals surface area contributed by atoms with Crippen molar-refractivity contribution in [3.8, 4) is 0 Å². The number of carbonyl (C=O) groups is 1. The van der Waals surface area contributed by atoms with Crippen LogP contribution in [0.3, 0.4) is 0 Å². The number of hydrogen-bond donors (Lipinski definition) is 1. The van der Waals surface area contributed by atoms with E-state index in [1.807, 2.05) is 4.90 Å². The van der Waals surface area contributed by atoms with E-state index in [9.17, 15) is 4.79 Å². The van der Waals surface area contributed by atoms with Gasteiger partial charge in [0.1, 0.15) is 0 Å². The zero-order valence-electron chi connectivity index (χ0n) is 10.3. The molecule has 1 aromatic heterocycles. The van der Waals surface area contributed by atoms with E-state index in [4.69, 9.17) is 5.11 Å². The number of anilines is 1. The van der Waals surface area contributed by atoms with Gasteiger partial charge in [0.05, 0.1) is 11.6 Å². The highest BCUT2D eigenvalue weighted by Crippen LogP contribution is 2.26. The largest absolute Gasteiger partial charge is 0.481 e. The van der Waals surface area contributed by atoms with Crippen molar-refractivity contribution in [3.63, 3.8) is 0 Å². The number of hydrogen-bond acceptors (Lipinski definition) is 4. The first-order valence-electron chi connectivity index (χ1n) is 6.57. The molecule has 18 heavy (non-hydrogen) atoms. The number of carboxylic acids is 1. The first kappa shape index (κ1) is 11.4. The fourth-order valence-corrected chi connectivity index (χ4v) is 2.80. The maximum Gasteiger partial charge on any atom is 0.308 e. The lowest BCUT2D eigenvalue weighted by Gasteiger charge is -2.20. The van der Waals surface area contributed by atoms with Crippen LogP contribution in [0, 0.1) is 5.92 Å². The third-order valence-corrected chi connectivity index (χ3v) is 3.92. The van der Waals surface area contributed by atoms with Gasteiger partial charge in [0, 0.05) is 13.1 Å². The van der Waals surface area contributed by atoms with Gasteiger partial charge in [0.2, 0.25) is 0 Å². The van der Waals surface area contributed by atoms with Crippen molar-refractivity contribution in [2.45, 2.75) is 32.1 Å². The van der Waals surface area contributed by atoms with Gasteiger partial charge in [0.15, 0.2) is 5.82 Å². The van der Waals surface area contributed by atoms with E-state index in [1.54, 1.807) is 0 Å². The minimum absolute atomic E-state index is 0.261. The van der Waals surface area contributed by atoms with E-state index in [0.717, 1.165) is 30.9 Å². The summed E-state index contributed by atoms with van der Waals surface area (Å²) in [6.45, 7) is 1.33. The summed E-state index contributed by atoms with van der Waals surface area (Å²) in [7, 11) is 0. The summed E-state index contributed by atoms with van der Waals surface area (Å²) in [5, 5.41) is 17.6. The van der Waals surface area contributed by atoms with Crippen LogP contribution in [-0.2, 0) is 17.6 Å². The predicted octanol–water partition coefficient (Wildman–Crippen LogP) is 1.27. The molecule has 1 atom stereocenters. The highest BCUT2D eigenvalue weighted by molar-refractivity contribution is 5.71. The van der Waals surface area contributed by atoms with Gasteiger partial charge in [-0.15, -0.1) is 5.10 Å². The van der Waals surface area contributed by atoms with Gasteiger partial charge >= 0.3 is 5.97 Å². The van der Waals surface area contributed by atoms with Gasteiger partial charge < -0.3 is 10.0 Å². The number of carboxylic acid groups (broad SMARTS) is 1. The van der Waals surface area contributed by atoms with E-state index < -0.39 is 5.97 Å². The smallest absolute Gasteiger partial charge is 0.308 e.